The van der Waals surface area contributed by atoms with Crippen molar-refractivity contribution in [3.63, 3.8) is 0 Å². The SMILES string of the molecule is CCNC(=NCC(C)(C)N1CCc2ccccc2C1)NCCc1cccc(C(=O)N(C)C)c1.I. The van der Waals surface area contributed by atoms with E-state index in [-0.39, 0.29) is 35.4 Å². The van der Waals surface area contributed by atoms with Crippen molar-refractivity contribution in [1.29, 1.82) is 0 Å². The summed E-state index contributed by atoms with van der Waals surface area (Å²) in [6.45, 7) is 11.0. The van der Waals surface area contributed by atoms with Gasteiger partial charge in [-0.2, -0.15) is 0 Å². The Morgan fingerprint density at radius 2 is 1.82 bits per heavy atom. The minimum absolute atomic E-state index is 0. The highest BCUT2D eigenvalue weighted by Gasteiger charge is 2.29. The summed E-state index contributed by atoms with van der Waals surface area (Å²) in [7, 11) is 3.56. The van der Waals surface area contributed by atoms with Crippen LogP contribution in [0, 0.1) is 0 Å². The number of benzene rings is 2. The Labute approximate surface area is 222 Å². The van der Waals surface area contributed by atoms with Gasteiger partial charge in [-0.05, 0) is 62.4 Å². The van der Waals surface area contributed by atoms with Crippen molar-refractivity contribution in [2.45, 2.75) is 45.7 Å². The molecule has 0 saturated heterocycles. The van der Waals surface area contributed by atoms with E-state index in [1.165, 1.54) is 11.1 Å². The number of amides is 1. The van der Waals surface area contributed by atoms with Gasteiger partial charge >= 0.3 is 0 Å². The van der Waals surface area contributed by atoms with Crippen LogP contribution in [0.15, 0.2) is 53.5 Å². The number of rotatable bonds is 8. The van der Waals surface area contributed by atoms with Gasteiger partial charge in [0.25, 0.3) is 5.91 Å². The van der Waals surface area contributed by atoms with Gasteiger partial charge in [-0.3, -0.25) is 14.7 Å². The molecule has 0 unspecified atom stereocenters. The summed E-state index contributed by atoms with van der Waals surface area (Å²) in [6.07, 6.45) is 1.92. The summed E-state index contributed by atoms with van der Waals surface area (Å²) in [5.74, 6) is 0.866. The first-order chi connectivity index (χ1) is 15.8. The second kappa shape index (κ2) is 13.1. The average molecular weight is 578 g/mol. The van der Waals surface area contributed by atoms with Crippen molar-refractivity contribution in [2.75, 3.05) is 40.3 Å². The largest absolute Gasteiger partial charge is 0.357 e. The monoisotopic (exact) mass is 577 g/mol. The number of aliphatic imine (C=N–C) groups is 1. The molecule has 2 N–H and O–H groups in total. The standard InChI is InChI=1S/C27H39N5O.HI/c1-6-28-26(29-16-14-21-10-9-13-23(18-21)25(33)31(4)5)30-20-27(2,3)32-17-15-22-11-7-8-12-24(22)19-32;/h7-13,18H,6,14-17,19-20H2,1-5H3,(H2,28,29,30);1H. The maximum absolute atomic E-state index is 12.2. The molecule has 0 radical (unpaired) electrons. The first-order valence-corrected chi connectivity index (χ1v) is 11.9. The zero-order chi connectivity index (χ0) is 23.8. The summed E-state index contributed by atoms with van der Waals surface area (Å²) < 4.78 is 0. The zero-order valence-electron chi connectivity index (χ0n) is 21.2. The molecule has 0 aromatic heterocycles. The summed E-state index contributed by atoms with van der Waals surface area (Å²) in [4.78, 5) is 21.3. The van der Waals surface area contributed by atoms with E-state index in [1.807, 2.05) is 18.2 Å². The zero-order valence-corrected chi connectivity index (χ0v) is 23.6. The predicted octanol–water partition coefficient (Wildman–Crippen LogP) is 3.94. The second-order valence-corrected chi connectivity index (χ2v) is 9.52. The summed E-state index contributed by atoms with van der Waals surface area (Å²) in [5, 5.41) is 6.82. The molecule has 0 atom stereocenters. The molecule has 186 valence electrons. The number of nitrogens with one attached hydrogen (secondary N) is 2. The normalized spacial score (nSPS) is 14.1. The lowest BCUT2D eigenvalue weighted by atomic mass is 9.94. The minimum Gasteiger partial charge on any atom is -0.357 e. The first-order valence-electron chi connectivity index (χ1n) is 11.9. The van der Waals surface area contributed by atoms with E-state index in [1.54, 1.807) is 19.0 Å². The van der Waals surface area contributed by atoms with Gasteiger partial charge in [0.1, 0.15) is 0 Å². The molecule has 2 aromatic carbocycles. The number of nitrogens with zero attached hydrogens (tertiary/aromatic N) is 3. The fraction of sp³-hybridized carbons (Fsp3) is 0.481. The van der Waals surface area contributed by atoms with Crippen molar-refractivity contribution in [1.82, 2.24) is 20.4 Å². The van der Waals surface area contributed by atoms with Crippen LogP contribution in [0.25, 0.3) is 0 Å². The molecule has 2 aromatic rings. The quantitative estimate of drug-likeness (QED) is 0.284. The Balaban J connectivity index is 0.00000408. The topological polar surface area (TPSA) is 60.0 Å². The van der Waals surface area contributed by atoms with Gasteiger partial charge in [-0.25, -0.2) is 0 Å². The van der Waals surface area contributed by atoms with Gasteiger partial charge in [0.15, 0.2) is 5.96 Å². The number of carbonyl (C=O) groups is 1. The van der Waals surface area contributed by atoms with E-state index >= 15 is 0 Å². The van der Waals surface area contributed by atoms with E-state index in [0.29, 0.717) is 0 Å². The van der Waals surface area contributed by atoms with Crippen LogP contribution in [-0.4, -0.2) is 67.5 Å². The van der Waals surface area contributed by atoms with Gasteiger partial charge in [0.2, 0.25) is 0 Å². The van der Waals surface area contributed by atoms with Crippen molar-refractivity contribution >= 4 is 35.8 Å². The van der Waals surface area contributed by atoms with Crippen LogP contribution < -0.4 is 10.6 Å². The average Bonchev–Trinajstić information content (AvgIpc) is 2.82. The van der Waals surface area contributed by atoms with Crippen LogP contribution in [-0.2, 0) is 19.4 Å². The number of fused-ring (bicyclic) bond motifs is 1. The predicted molar refractivity (Wildman–Crippen MR) is 152 cm³/mol. The van der Waals surface area contributed by atoms with E-state index in [9.17, 15) is 4.79 Å². The number of hydrogen-bond acceptors (Lipinski definition) is 3. The molecule has 1 aliphatic rings. The number of halogens is 1. The number of guanidine groups is 1. The number of hydrogen-bond donors (Lipinski definition) is 2. The van der Waals surface area contributed by atoms with E-state index in [2.05, 4.69) is 66.6 Å². The minimum atomic E-state index is -0.0310. The maximum Gasteiger partial charge on any atom is 0.253 e. The molecule has 7 heteroatoms. The van der Waals surface area contributed by atoms with Crippen molar-refractivity contribution < 1.29 is 4.79 Å². The molecule has 1 aliphatic heterocycles. The Morgan fingerprint density at radius 1 is 1.09 bits per heavy atom. The Bertz CT molecular complexity index is 973. The van der Waals surface area contributed by atoms with E-state index < -0.39 is 0 Å². The molecule has 1 amide bonds. The van der Waals surface area contributed by atoms with Gasteiger partial charge in [-0.1, -0.05) is 36.4 Å². The van der Waals surface area contributed by atoms with Gasteiger partial charge in [0.05, 0.1) is 6.54 Å². The maximum atomic E-state index is 12.2. The fourth-order valence-electron chi connectivity index (χ4n) is 4.17. The van der Waals surface area contributed by atoms with Crippen LogP contribution in [0.4, 0.5) is 0 Å². The number of carbonyl (C=O) groups excluding carboxylic acids is 1. The molecule has 0 spiro atoms. The Kier molecular flexibility index (Phi) is 10.8. The highest BCUT2D eigenvalue weighted by molar-refractivity contribution is 14.0. The molecular formula is C27H40IN5O. The van der Waals surface area contributed by atoms with Crippen molar-refractivity contribution in [3.05, 3.63) is 70.8 Å². The van der Waals surface area contributed by atoms with E-state index in [4.69, 9.17) is 4.99 Å². The third-order valence-corrected chi connectivity index (χ3v) is 6.24. The van der Waals surface area contributed by atoms with Crippen LogP contribution in [0.5, 0.6) is 0 Å². The molecule has 0 bridgehead atoms. The first kappa shape index (κ1) is 28.1. The van der Waals surface area contributed by atoms with Crippen molar-refractivity contribution in [2.24, 2.45) is 4.99 Å². The molecule has 0 saturated carbocycles. The van der Waals surface area contributed by atoms with Crippen LogP contribution >= 0.6 is 24.0 Å². The fourth-order valence-corrected chi connectivity index (χ4v) is 4.17. The molecular weight excluding hydrogens is 537 g/mol. The summed E-state index contributed by atoms with van der Waals surface area (Å²) in [6, 6.07) is 16.6. The smallest absolute Gasteiger partial charge is 0.253 e. The van der Waals surface area contributed by atoms with Gasteiger partial charge in [0, 0.05) is 51.4 Å². The molecule has 6 nitrogen and oxygen atoms in total. The lowest BCUT2D eigenvalue weighted by molar-refractivity contribution is 0.0827. The van der Waals surface area contributed by atoms with Gasteiger partial charge in [-0.15, -0.1) is 24.0 Å². The van der Waals surface area contributed by atoms with Crippen LogP contribution in [0.3, 0.4) is 0 Å². The molecule has 1 heterocycles. The summed E-state index contributed by atoms with van der Waals surface area (Å²) in [5.41, 5.74) is 4.73. The highest BCUT2D eigenvalue weighted by Crippen LogP contribution is 2.25. The second-order valence-electron chi connectivity index (χ2n) is 9.52. The lowest BCUT2D eigenvalue weighted by Gasteiger charge is -2.40. The van der Waals surface area contributed by atoms with E-state index in [0.717, 1.165) is 62.7 Å². The van der Waals surface area contributed by atoms with Gasteiger partial charge < -0.3 is 15.5 Å². The third-order valence-electron chi connectivity index (χ3n) is 6.24. The third kappa shape index (κ3) is 7.70. The molecule has 34 heavy (non-hydrogen) atoms. The Morgan fingerprint density at radius 3 is 2.53 bits per heavy atom. The highest BCUT2D eigenvalue weighted by atomic mass is 127. The Hall–Kier alpha value is -2.13. The molecule has 0 aliphatic carbocycles. The molecule has 0 fully saturated rings. The molecule has 3 rings (SSSR count). The summed E-state index contributed by atoms with van der Waals surface area (Å²) >= 11 is 0. The van der Waals surface area contributed by atoms with Crippen LogP contribution in [0.1, 0.15) is 47.8 Å². The van der Waals surface area contributed by atoms with Crippen molar-refractivity contribution in [3.8, 4) is 0 Å². The lowest BCUT2D eigenvalue weighted by Crippen LogP contribution is -2.49. The van der Waals surface area contributed by atoms with Crippen LogP contribution in [0.2, 0.25) is 0 Å².